The molecule has 1 aromatic rings. The van der Waals surface area contributed by atoms with Crippen molar-refractivity contribution in [3.63, 3.8) is 0 Å². The first-order valence-corrected chi connectivity index (χ1v) is 6.76. The molecule has 18 heavy (non-hydrogen) atoms. The summed E-state index contributed by atoms with van der Waals surface area (Å²) in [6, 6.07) is 6.76. The van der Waals surface area contributed by atoms with Gasteiger partial charge in [-0.1, -0.05) is 12.1 Å². The second kappa shape index (κ2) is 5.71. The summed E-state index contributed by atoms with van der Waals surface area (Å²) in [4.78, 5) is 11.4. The van der Waals surface area contributed by atoms with Crippen LogP contribution in [-0.2, 0) is 9.53 Å². The number of carboxylic acid groups (broad SMARTS) is 1. The number of anilines is 1. The number of rotatable bonds is 4. The summed E-state index contributed by atoms with van der Waals surface area (Å²) in [5, 5.41) is 12.4. The Balaban J connectivity index is 2.12. The highest BCUT2D eigenvalue weighted by molar-refractivity contribution is 9.10. The maximum atomic E-state index is 11.4. The topological polar surface area (TPSA) is 58.6 Å². The summed E-state index contributed by atoms with van der Waals surface area (Å²) in [5.41, 5.74) is 0.771. The summed E-state index contributed by atoms with van der Waals surface area (Å²) in [5.74, 6) is -0.884. The number of carboxylic acids is 1. The van der Waals surface area contributed by atoms with Gasteiger partial charge in [-0.05, 0) is 47.8 Å². The Hall–Kier alpha value is -1.07. The van der Waals surface area contributed by atoms with Crippen LogP contribution in [0.3, 0.4) is 0 Å². The van der Waals surface area contributed by atoms with Gasteiger partial charge in [-0.25, -0.2) is 4.79 Å². The zero-order valence-electron chi connectivity index (χ0n) is 10.1. The zero-order chi connectivity index (χ0) is 13.1. The minimum Gasteiger partial charge on any atom is -0.480 e. The summed E-state index contributed by atoms with van der Waals surface area (Å²) in [6.07, 6.45) is 1.55. The SMILES string of the molecule is CC1CCC(C(Nc2ccccc2Br)C(=O)O)O1. The van der Waals surface area contributed by atoms with E-state index in [1.165, 1.54) is 0 Å². The Morgan fingerprint density at radius 1 is 1.50 bits per heavy atom. The predicted octanol–water partition coefficient (Wildman–Crippen LogP) is 2.88. The first-order valence-electron chi connectivity index (χ1n) is 5.97. The van der Waals surface area contributed by atoms with Gasteiger partial charge in [0.15, 0.2) is 6.04 Å². The first-order chi connectivity index (χ1) is 8.58. The molecule has 4 nitrogen and oxygen atoms in total. The van der Waals surface area contributed by atoms with Gasteiger partial charge in [0, 0.05) is 10.2 Å². The van der Waals surface area contributed by atoms with E-state index in [1.54, 1.807) is 0 Å². The van der Waals surface area contributed by atoms with Gasteiger partial charge in [0.1, 0.15) is 0 Å². The third-order valence-corrected chi connectivity index (χ3v) is 3.78. The Bertz CT molecular complexity index is 438. The second-order valence-corrected chi connectivity index (χ2v) is 5.36. The third-order valence-electron chi connectivity index (χ3n) is 3.09. The zero-order valence-corrected chi connectivity index (χ0v) is 11.7. The highest BCUT2D eigenvalue weighted by Crippen LogP contribution is 2.27. The van der Waals surface area contributed by atoms with Crippen LogP contribution >= 0.6 is 15.9 Å². The number of hydrogen-bond acceptors (Lipinski definition) is 3. The molecule has 0 amide bonds. The van der Waals surface area contributed by atoms with E-state index in [0.717, 1.165) is 23.0 Å². The van der Waals surface area contributed by atoms with Gasteiger partial charge in [-0.3, -0.25) is 0 Å². The van der Waals surface area contributed by atoms with Crippen molar-refractivity contribution in [2.24, 2.45) is 0 Å². The molecule has 0 saturated carbocycles. The van der Waals surface area contributed by atoms with Gasteiger partial charge >= 0.3 is 5.97 Å². The number of ether oxygens (including phenoxy) is 1. The number of aliphatic carboxylic acids is 1. The van der Waals surface area contributed by atoms with Crippen molar-refractivity contribution < 1.29 is 14.6 Å². The second-order valence-electron chi connectivity index (χ2n) is 4.50. The van der Waals surface area contributed by atoms with Gasteiger partial charge in [0.25, 0.3) is 0 Å². The van der Waals surface area contributed by atoms with E-state index in [2.05, 4.69) is 21.2 Å². The number of para-hydroxylation sites is 1. The summed E-state index contributed by atoms with van der Waals surface area (Å²) >= 11 is 3.40. The summed E-state index contributed by atoms with van der Waals surface area (Å²) < 4.78 is 6.49. The fourth-order valence-electron chi connectivity index (χ4n) is 2.14. The van der Waals surface area contributed by atoms with Crippen molar-refractivity contribution in [3.8, 4) is 0 Å². The molecule has 0 radical (unpaired) electrons. The van der Waals surface area contributed by atoms with E-state index >= 15 is 0 Å². The standard InChI is InChI=1S/C13H16BrNO3/c1-8-6-7-11(18-8)12(13(16)17)15-10-5-3-2-4-9(10)14/h2-5,8,11-12,15H,6-7H2,1H3,(H,16,17). The molecule has 2 rings (SSSR count). The lowest BCUT2D eigenvalue weighted by molar-refractivity contribution is -0.141. The van der Waals surface area contributed by atoms with Crippen molar-refractivity contribution in [1.29, 1.82) is 0 Å². The molecule has 1 aliphatic rings. The van der Waals surface area contributed by atoms with Crippen molar-refractivity contribution in [3.05, 3.63) is 28.7 Å². The van der Waals surface area contributed by atoms with Crippen LogP contribution in [0, 0.1) is 0 Å². The van der Waals surface area contributed by atoms with Crippen molar-refractivity contribution in [2.45, 2.75) is 38.0 Å². The van der Waals surface area contributed by atoms with E-state index in [4.69, 9.17) is 4.74 Å². The minimum atomic E-state index is -0.884. The van der Waals surface area contributed by atoms with Gasteiger partial charge in [0.2, 0.25) is 0 Å². The number of carbonyl (C=O) groups is 1. The molecular weight excluding hydrogens is 298 g/mol. The van der Waals surface area contributed by atoms with Crippen molar-refractivity contribution in [2.75, 3.05) is 5.32 Å². The predicted molar refractivity (Wildman–Crippen MR) is 72.8 cm³/mol. The molecule has 1 fully saturated rings. The number of hydrogen-bond donors (Lipinski definition) is 2. The Morgan fingerprint density at radius 3 is 2.78 bits per heavy atom. The van der Waals surface area contributed by atoms with Crippen LogP contribution in [0.4, 0.5) is 5.69 Å². The maximum Gasteiger partial charge on any atom is 0.328 e. The summed E-state index contributed by atoms with van der Waals surface area (Å²) in [6.45, 7) is 1.97. The Kier molecular flexibility index (Phi) is 4.24. The molecule has 3 unspecified atom stereocenters. The molecule has 1 aromatic carbocycles. The molecule has 2 N–H and O–H groups in total. The van der Waals surface area contributed by atoms with Crippen LogP contribution in [-0.4, -0.2) is 29.3 Å². The normalized spacial score (nSPS) is 24.8. The lowest BCUT2D eigenvalue weighted by atomic mass is 10.1. The lowest BCUT2D eigenvalue weighted by Crippen LogP contribution is -2.40. The van der Waals surface area contributed by atoms with Gasteiger partial charge in [-0.2, -0.15) is 0 Å². The van der Waals surface area contributed by atoms with E-state index in [9.17, 15) is 9.90 Å². The molecule has 98 valence electrons. The van der Waals surface area contributed by atoms with Crippen LogP contribution in [0.2, 0.25) is 0 Å². The van der Waals surface area contributed by atoms with Crippen LogP contribution in [0.5, 0.6) is 0 Å². The molecular formula is C13H16BrNO3. The van der Waals surface area contributed by atoms with Crippen LogP contribution in [0.1, 0.15) is 19.8 Å². The van der Waals surface area contributed by atoms with Gasteiger partial charge in [0.05, 0.1) is 12.2 Å². The van der Waals surface area contributed by atoms with Crippen LogP contribution < -0.4 is 5.32 Å². The average Bonchev–Trinajstić information content (AvgIpc) is 2.74. The number of benzene rings is 1. The van der Waals surface area contributed by atoms with E-state index in [1.807, 2.05) is 31.2 Å². The molecule has 0 aromatic heterocycles. The quantitative estimate of drug-likeness (QED) is 0.897. The average molecular weight is 314 g/mol. The first kappa shape index (κ1) is 13.4. The molecule has 0 bridgehead atoms. The smallest absolute Gasteiger partial charge is 0.328 e. The Morgan fingerprint density at radius 2 is 2.22 bits per heavy atom. The fraction of sp³-hybridized carbons (Fsp3) is 0.462. The molecule has 1 heterocycles. The number of halogens is 1. The lowest BCUT2D eigenvalue weighted by Gasteiger charge is -2.22. The van der Waals surface area contributed by atoms with E-state index in [0.29, 0.717) is 0 Å². The maximum absolute atomic E-state index is 11.4. The molecule has 0 aliphatic carbocycles. The Labute approximate surface area is 114 Å². The molecule has 1 aliphatic heterocycles. The molecule has 5 heteroatoms. The fourth-order valence-corrected chi connectivity index (χ4v) is 2.54. The molecule has 3 atom stereocenters. The highest BCUT2D eigenvalue weighted by atomic mass is 79.9. The minimum absolute atomic E-state index is 0.137. The van der Waals surface area contributed by atoms with Crippen LogP contribution in [0.15, 0.2) is 28.7 Å². The third kappa shape index (κ3) is 3.03. The van der Waals surface area contributed by atoms with E-state index in [-0.39, 0.29) is 12.2 Å². The van der Waals surface area contributed by atoms with Crippen molar-refractivity contribution in [1.82, 2.24) is 0 Å². The van der Waals surface area contributed by atoms with Gasteiger partial charge < -0.3 is 15.2 Å². The van der Waals surface area contributed by atoms with Crippen molar-refractivity contribution >= 4 is 27.6 Å². The van der Waals surface area contributed by atoms with E-state index < -0.39 is 12.0 Å². The molecule has 1 saturated heterocycles. The van der Waals surface area contributed by atoms with Gasteiger partial charge in [-0.15, -0.1) is 0 Å². The molecule has 0 spiro atoms. The largest absolute Gasteiger partial charge is 0.480 e. The highest BCUT2D eigenvalue weighted by Gasteiger charge is 2.34. The number of nitrogens with one attached hydrogen (secondary N) is 1. The summed E-state index contributed by atoms with van der Waals surface area (Å²) in [7, 11) is 0. The van der Waals surface area contributed by atoms with Crippen LogP contribution in [0.25, 0.3) is 0 Å². The monoisotopic (exact) mass is 313 g/mol.